The van der Waals surface area contributed by atoms with E-state index in [2.05, 4.69) is 20.9 Å². The third-order valence-corrected chi connectivity index (χ3v) is 6.10. The fourth-order valence-electron chi connectivity index (χ4n) is 3.33. The topological polar surface area (TPSA) is 135 Å². The second-order valence-corrected chi connectivity index (χ2v) is 8.36. The third kappa shape index (κ3) is 4.37. The second-order valence-electron chi connectivity index (χ2n) is 7.42. The van der Waals surface area contributed by atoms with E-state index in [1.54, 1.807) is 55.5 Å². The van der Waals surface area contributed by atoms with Crippen LogP contribution in [0.15, 0.2) is 59.8 Å². The van der Waals surface area contributed by atoms with Crippen LogP contribution in [-0.4, -0.2) is 43.5 Å². The summed E-state index contributed by atoms with van der Waals surface area (Å²) in [5, 5.41) is 11.4. The zero-order chi connectivity index (χ0) is 23.6. The summed E-state index contributed by atoms with van der Waals surface area (Å²) >= 11 is 0.962. The summed E-state index contributed by atoms with van der Waals surface area (Å²) in [7, 11) is 0. The van der Waals surface area contributed by atoms with Gasteiger partial charge in [0.15, 0.2) is 5.82 Å². The highest BCUT2D eigenvalue weighted by Gasteiger charge is 2.49. The van der Waals surface area contributed by atoms with Gasteiger partial charge in [-0.05, 0) is 24.1 Å². The molecule has 1 saturated heterocycles. The molecular formula is C21H20FN7O3S. The molecule has 1 aromatic heterocycles. The Balaban J connectivity index is 1.37. The highest BCUT2D eigenvalue weighted by molar-refractivity contribution is 7.99. The summed E-state index contributed by atoms with van der Waals surface area (Å²) in [6.45, 7) is 1.57. The Kier molecular flexibility index (Phi) is 6.01. The number of amides is 4. The molecule has 0 unspecified atom stereocenters. The number of carbonyl (C=O) groups excluding carboxylic acids is 3. The number of nitrogen functional groups attached to an aromatic ring is 1. The van der Waals surface area contributed by atoms with E-state index in [1.807, 2.05) is 0 Å². The Labute approximate surface area is 192 Å². The Morgan fingerprint density at radius 3 is 2.58 bits per heavy atom. The zero-order valence-corrected chi connectivity index (χ0v) is 18.3. The summed E-state index contributed by atoms with van der Waals surface area (Å²) < 4.78 is 15.0. The molecule has 1 aliphatic heterocycles. The summed E-state index contributed by atoms with van der Waals surface area (Å²) in [5.41, 5.74) is 2.02. The van der Waals surface area contributed by atoms with Crippen molar-refractivity contribution in [2.75, 3.05) is 11.6 Å². The van der Waals surface area contributed by atoms with Gasteiger partial charge in [-0.3, -0.25) is 15.0 Å². The number of aromatic nitrogens is 3. The fraction of sp³-hybridized carbons (Fsp3) is 0.190. The van der Waals surface area contributed by atoms with E-state index in [1.165, 1.54) is 10.7 Å². The van der Waals surface area contributed by atoms with E-state index in [4.69, 9.17) is 5.84 Å². The highest BCUT2D eigenvalue weighted by Crippen LogP contribution is 2.27. The van der Waals surface area contributed by atoms with Gasteiger partial charge >= 0.3 is 6.03 Å². The van der Waals surface area contributed by atoms with E-state index >= 15 is 0 Å². The van der Waals surface area contributed by atoms with Crippen LogP contribution in [0.1, 0.15) is 23.9 Å². The highest BCUT2D eigenvalue weighted by atomic mass is 32.2. The van der Waals surface area contributed by atoms with Gasteiger partial charge in [-0.15, -0.1) is 10.2 Å². The molecule has 2 aromatic carbocycles. The Morgan fingerprint density at radius 2 is 1.85 bits per heavy atom. The number of halogens is 1. The van der Waals surface area contributed by atoms with Crippen LogP contribution in [0.3, 0.4) is 0 Å². The lowest BCUT2D eigenvalue weighted by atomic mass is 9.92. The molecule has 12 heteroatoms. The molecule has 1 fully saturated rings. The number of imide groups is 1. The minimum Gasteiger partial charge on any atom is -0.336 e. The molecule has 1 aliphatic rings. The number of thioether (sulfide) groups is 1. The van der Waals surface area contributed by atoms with E-state index in [0.717, 1.165) is 11.8 Å². The molecule has 0 saturated carbocycles. The maximum atomic E-state index is 13.9. The smallest absolute Gasteiger partial charge is 0.336 e. The molecule has 170 valence electrons. The predicted octanol–water partition coefficient (Wildman–Crippen LogP) is 1.31. The number of urea groups is 1. The van der Waals surface area contributed by atoms with Crippen LogP contribution in [0.25, 0.3) is 0 Å². The molecule has 4 amide bonds. The number of hydrazine groups is 1. The monoisotopic (exact) mass is 469 g/mol. The normalized spacial score (nSPS) is 17.8. The Bertz CT molecular complexity index is 1220. The van der Waals surface area contributed by atoms with Gasteiger partial charge in [0.2, 0.25) is 11.1 Å². The fourth-order valence-corrected chi connectivity index (χ4v) is 4.00. The molecule has 3 aromatic rings. The van der Waals surface area contributed by atoms with Crippen molar-refractivity contribution in [2.24, 2.45) is 0 Å². The standard InChI is InChI=1S/C21H20FN7O3S/c1-21(14-8-3-2-4-9-14)18(31)29(19(32)24-21)27-17(30)12-33-20-26-25-16(28(20)23)11-13-7-5-6-10-15(13)22/h2-10H,11-12,23H2,1H3,(H,24,32)(H,27,30)/t21-/m1/s1. The minimum atomic E-state index is -1.29. The quantitative estimate of drug-likeness (QED) is 0.270. The number of carbonyl (C=O) groups is 3. The van der Waals surface area contributed by atoms with E-state index in [0.29, 0.717) is 22.0 Å². The van der Waals surface area contributed by atoms with Crippen molar-refractivity contribution in [3.8, 4) is 0 Å². The van der Waals surface area contributed by atoms with Crippen molar-refractivity contribution in [1.29, 1.82) is 0 Å². The number of hydrogen-bond donors (Lipinski definition) is 3. The lowest BCUT2D eigenvalue weighted by Gasteiger charge is -2.22. The first kappa shape index (κ1) is 22.3. The van der Waals surface area contributed by atoms with Crippen LogP contribution in [0, 0.1) is 5.82 Å². The van der Waals surface area contributed by atoms with Gasteiger partial charge in [0.1, 0.15) is 11.4 Å². The first-order valence-electron chi connectivity index (χ1n) is 9.87. The number of nitrogens with zero attached hydrogens (tertiary/aromatic N) is 4. The second kappa shape index (κ2) is 8.90. The van der Waals surface area contributed by atoms with Gasteiger partial charge < -0.3 is 11.2 Å². The number of benzene rings is 2. The largest absolute Gasteiger partial charge is 0.344 e. The molecule has 33 heavy (non-hydrogen) atoms. The number of nitrogens with two attached hydrogens (primary N) is 1. The van der Waals surface area contributed by atoms with E-state index < -0.39 is 23.4 Å². The summed E-state index contributed by atoms with van der Waals surface area (Å²) in [6, 6.07) is 14.2. The van der Waals surface area contributed by atoms with Crippen molar-refractivity contribution in [2.45, 2.75) is 24.0 Å². The van der Waals surface area contributed by atoms with Crippen molar-refractivity contribution in [3.63, 3.8) is 0 Å². The number of rotatable bonds is 7. The number of nitrogens with one attached hydrogen (secondary N) is 2. The first-order valence-corrected chi connectivity index (χ1v) is 10.9. The van der Waals surface area contributed by atoms with Gasteiger partial charge in [0.25, 0.3) is 5.91 Å². The third-order valence-electron chi connectivity index (χ3n) is 5.15. The summed E-state index contributed by atoms with van der Waals surface area (Å²) in [4.78, 5) is 37.6. The predicted molar refractivity (Wildman–Crippen MR) is 117 cm³/mol. The molecule has 0 radical (unpaired) electrons. The van der Waals surface area contributed by atoms with Gasteiger partial charge in [-0.25, -0.2) is 13.9 Å². The maximum absolute atomic E-state index is 13.9. The molecular weight excluding hydrogens is 449 g/mol. The summed E-state index contributed by atoms with van der Waals surface area (Å²) in [5.74, 6) is 4.51. The molecule has 4 N–H and O–H groups in total. The number of hydrogen-bond acceptors (Lipinski definition) is 7. The van der Waals surface area contributed by atoms with Crippen LogP contribution in [0.5, 0.6) is 0 Å². The maximum Gasteiger partial charge on any atom is 0.344 e. The molecule has 2 heterocycles. The van der Waals surface area contributed by atoms with Crippen molar-refractivity contribution in [1.82, 2.24) is 30.6 Å². The lowest BCUT2D eigenvalue weighted by Crippen LogP contribution is -2.48. The molecule has 0 aliphatic carbocycles. The SMILES string of the molecule is C[C@]1(c2ccccc2)NC(=O)N(NC(=O)CSc2nnc(Cc3ccccc3F)n2N)C1=O. The Hall–Kier alpha value is -3.93. The van der Waals surface area contributed by atoms with Crippen LogP contribution in [-0.2, 0) is 21.5 Å². The van der Waals surface area contributed by atoms with Gasteiger partial charge in [0.05, 0.1) is 5.75 Å². The first-order chi connectivity index (χ1) is 15.8. The molecule has 4 rings (SSSR count). The zero-order valence-electron chi connectivity index (χ0n) is 17.5. The summed E-state index contributed by atoms with van der Waals surface area (Å²) in [6.07, 6.45) is 0.128. The Morgan fingerprint density at radius 1 is 1.15 bits per heavy atom. The molecule has 0 bridgehead atoms. The van der Waals surface area contributed by atoms with Crippen LogP contribution >= 0.6 is 11.8 Å². The van der Waals surface area contributed by atoms with Crippen LogP contribution in [0.2, 0.25) is 0 Å². The van der Waals surface area contributed by atoms with Crippen molar-refractivity contribution >= 4 is 29.6 Å². The lowest BCUT2D eigenvalue weighted by molar-refractivity contribution is -0.138. The van der Waals surface area contributed by atoms with Gasteiger partial charge in [-0.1, -0.05) is 60.3 Å². The molecule has 0 spiro atoms. The van der Waals surface area contributed by atoms with Crippen molar-refractivity contribution < 1.29 is 18.8 Å². The molecule has 10 nitrogen and oxygen atoms in total. The van der Waals surface area contributed by atoms with E-state index in [-0.39, 0.29) is 23.1 Å². The van der Waals surface area contributed by atoms with Crippen molar-refractivity contribution in [3.05, 3.63) is 77.4 Å². The van der Waals surface area contributed by atoms with Gasteiger partial charge in [0, 0.05) is 6.42 Å². The van der Waals surface area contributed by atoms with Crippen LogP contribution < -0.4 is 16.6 Å². The van der Waals surface area contributed by atoms with E-state index in [9.17, 15) is 18.8 Å². The average molecular weight is 470 g/mol. The molecule has 1 atom stereocenters. The van der Waals surface area contributed by atoms with Crippen LogP contribution in [0.4, 0.5) is 9.18 Å². The minimum absolute atomic E-state index is 0.128. The average Bonchev–Trinajstić information content (AvgIpc) is 3.26. The van der Waals surface area contributed by atoms with Gasteiger partial charge in [-0.2, -0.15) is 5.01 Å².